The fourth-order valence-corrected chi connectivity index (χ4v) is 4.03. The van der Waals surface area contributed by atoms with Crippen LogP contribution >= 0.6 is 0 Å². The number of nitrogens with one attached hydrogen (secondary N) is 1. The van der Waals surface area contributed by atoms with E-state index in [1.54, 1.807) is 12.1 Å². The lowest BCUT2D eigenvalue weighted by Crippen LogP contribution is -2.50. The Balaban J connectivity index is 1.42. The van der Waals surface area contributed by atoms with Gasteiger partial charge in [0.15, 0.2) is 0 Å². The highest BCUT2D eigenvalue weighted by Gasteiger charge is 2.30. The minimum atomic E-state index is -0.209. The van der Waals surface area contributed by atoms with Gasteiger partial charge in [-0.2, -0.15) is 0 Å². The van der Waals surface area contributed by atoms with Crippen LogP contribution in [0.3, 0.4) is 0 Å². The van der Waals surface area contributed by atoms with Crippen molar-refractivity contribution in [1.82, 2.24) is 9.80 Å². The van der Waals surface area contributed by atoms with Crippen molar-refractivity contribution in [3.05, 3.63) is 30.1 Å². The van der Waals surface area contributed by atoms with Crippen LogP contribution in [0.25, 0.3) is 0 Å². The van der Waals surface area contributed by atoms with Crippen LogP contribution in [0.15, 0.2) is 24.3 Å². The third kappa shape index (κ3) is 4.94. The number of benzene rings is 1. The summed E-state index contributed by atoms with van der Waals surface area (Å²) in [5, 5.41) is 3.47. The van der Waals surface area contributed by atoms with Gasteiger partial charge >= 0.3 is 0 Å². The number of rotatable bonds is 5. The van der Waals surface area contributed by atoms with Crippen LogP contribution in [0.2, 0.25) is 0 Å². The van der Waals surface area contributed by atoms with Crippen molar-refractivity contribution in [3.8, 4) is 0 Å². The van der Waals surface area contributed by atoms with E-state index in [-0.39, 0.29) is 11.7 Å². The van der Waals surface area contributed by atoms with Gasteiger partial charge in [-0.25, -0.2) is 4.39 Å². The molecule has 2 fully saturated rings. The maximum absolute atomic E-state index is 13.0. The van der Waals surface area contributed by atoms with Crippen molar-refractivity contribution in [2.75, 3.05) is 38.0 Å². The normalized spacial score (nSPS) is 25.0. The largest absolute Gasteiger partial charge is 0.382 e. The van der Waals surface area contributed by atoms with E-state index in [2.05, 4.69) is 22.0 Å². The van der Waals surface area contributed by atoms with E-state index >= 15 is 0 Å². The maximum atomic E-state index is 13.0. The molecule has 0 atom stereocenters. The molecular weight excluding hydrogens is 317 g/mol. The first-order valence-electron chi connectivity index (χ1n) is 9.69. The molecule has 0 aromatic heterocycles. The van der Waals surface area contributed by atoms with Gasteiger partial charge in [0.2, 0.25) is 5.91 Å². The highest BCUT2D eigenvalue weighted by atomic mass is 19.1. The summed E-state index contributed by atoms with van der Waals surface area (Å²) < 4.78 is 13.0. The Labute approximate surface area is 150 Å². The minimum Gasteiger partial charge on any atom is -0.382 e. The molecule has 138 valence electrons. The maximum Gasteiger partial charge on any atom is 0.225 e. The van der Waals surface area contributed by atoms with Crippen LogP contribution in [0.1, 0.15) is 39.0 Å². The highest BCUT2D eigenvalue weighted by Crippen LogP contribution is 2.28. The monoisotopic (exact) mass is 347 g/mol. The molecule has 1 aromatic carbocycles. The molecule has 1 aromatic rings. The number of nitrogens with zero attached hydrogens (tertiary/aromatic N) is 2. The Morgan fingerprint density at radius 1 is 1.08 bits per heavy atom. The van der Waals surface area contributed by atoms with Gasteiger partial charge in [0.05, 0.1) is 0 Å². The predicted octanol–water partition coefficient (Wildman–Crippen LogP) is 3.35. The number of hydrogen-bond acceptors (Lipinski definition) is 3. The van der Waals surface area contributed by atoms with E-state index in [9.17, 15) is 9.18 Å². The smallest absolute Gasteiger partial charge is 0.225 e. The highest BCUT2D eigenvalue weighted by molar-refractivity contribution is 5.79. The summed E-state index contributed by atoms with van der Waals surface area (Å²) in [5.74, 6) is 0.333. The molecule has 1 heterocycles. The first-order valence-corrected chi connectivity index (χ1v) is 9.69. The molecule has 1 saturated heterocycles. The summed E-state index contributed by atoms with van der Waals surface area (Å²) in [6.45, 7) is 7.14. The number of amides is 1. The second kappa shape index (κ2) is 8.65. The van der Waals surface area contributed by atoms with Crippen LogP contribution in [-0.4, -0.2) is 54.5 Å². The molecule has 1 aliphatic heterocycles. The van der Waals surface area contributed by atoms with Gasteiger partial charge in [-0.3, -0.25) is 9.69 Å². The average Bonchev–Trinajstić information content (AvgIpc) is 2.65. The van der Waals surface area contributed by atoms with Crippen molar-refractivity contribution >= 4 is 11.6 Å². The Kier molecular flexibility index (Phi) is 6.29. The number of piperazine rings is 1. The molecule has 0 spiro atoms. The van der Waals surface area contributed by atoms with Crippen LogP contribution in [-0.2, 0) is 4.79 Å². The second-order valence-corrected chi connectivity index (χ2v) is 7.37. The molecular formula is C20H30FN3O. The van der Waals surface area contributed by atoms with Gasteiger partial charge in [-0.05, 0) is 62.9 Å². The Hall–Kier alpha value is -1.62. The van der Waals surface area contributed by atoms with E-state index in [1.807, 2.05) is 0 Å². The number of hydrogen-bond donors (Lipinski definition) is 1. The predicted molar refractivity (Wildman–Crippen MR) is 99.1 cm³/mol. The molecule has 4 nitrogen and oxygen atoms in total. The quantitative estimate of drug-likeness (QED) is 0.887. The van der Waals surface area contributed by atoms with Crippen LogP contribution in [0.4, 0.5) is 10.1 Å². The van der Waals surface area contributed by atoms with Crippen molar-refractivity contribution in [2.45, 2.75) is 45.1 Å². The molecule has 1 saturated carbocycles. The minimum absolute atomic E-state index is 0.184. The first-order chi connectivity index (χ1) is 12.2. The first kappa shape index (κ1) is 18.2. The molecule has 3 rings (SSSR count). The van der Waals surface area contributed by atoms with Gasteiger partial charge in [-0.15, -0.1) is 0 Å². The fraction of sp³-hybridized carbons (Fsp3) is 0.650. The lowest BCUT2D eigenvalue weighted by molar-refractivity contribution is -0.138. The van der Waals surface area contributed by atoms with E-state index in [1.165, 1.54) is 18.6 Å². The third-order valence-corrected chi connectivity index (χ3v) is 5.52. The zero-order valence-electron chi connectivity index (χ0n) is 15.2. The molecule has 2 aliphatic rings. The number of anilines is 1. The van der Waals surface area contributed by atoms with E-state index < -0.39 is 0 Å². The van der Waals surface area contributed by atoms with Gasteiger partial charge in [-0.1, -0.05) is 6.92 Å². The van der Waals surface area contributed by atoms with Gasteiger partial charge in [0.1, 0.15) is 5.82 Å². The molecule has 1 N–H and O–H groups in total. The molecule has 5 heteroatoms. The topological polar surface area (TPSA) is 35.6 Å². The van der Waals surface area contributed by atoms with Crippen molar-refractivity contribution in [1.29, 1.82) is 0 Å². The summed E-state index contributed by atoms with van der Waals surface area (Å²) in [6, 6.07) is 6.91. The summed E-state index contributed by atoms with van der Waals surface area (Å²) >= 11 is 0. The third-order valence-electron chi connectivity index (χ3n) is 5.52. The van der Waals surface area contributed by atoms with E-state index in [4.69, 9.17) is 0 Å². The number of halogens is 1. The number of carbonyl (C=O) groups is 1. The van der Waals surface area contributed by atoms with Crippen LogP contribution in [0.5, 0.6) is 0 Å². The van der Waals surface area contributed by atoms with Crippen LogP contribution < -0.4 is 5.32 Å². The zero-order valence-corrected chi connectivity index (χ0v) is 15.2. The summed E-state index contributed by atoms with van der Waals surface area (Å²) in [4.78, 5) is 17.3. The molecule has 0 bridgehead atoms. The SMILES string of the molecule is CCCN1CCN(C(=O)[C@H]2CC[C@H](Nc3ccc(F)cc3)CC2)CC1. The molecule has 1 aliphatic carbocycles. The summed E-state index contributed by atoms with van der Waals surface area (Å²) in [7, 11) is 0. The average molecular weight is 347 g/mol. The van der Waals surface area contributed by atoms with Gasteiger partial charge in [0, 0.05) is 43.8 Å². The summed E-state index contributed by atoms with van der Waals surface area (Å²) in [5.41, 5.74) is 0.961. The van der Waals surface area contributed by atoms with Crippen molar-refractivity contribution in [3.63, 3.8) is 0 Å². The van der Waals surface area contributed by atoms with Crippen LogP contribution in [0, 0.1) is 11.7 Å². The van der Waals surface area contributed by atoms with E-state index in [0.717, 1.165) is 64.1 Å². The Morgan fingerprint density at radius 3 is 2.32 bits per heavy atom. The summed E-state index contributed by atoms with van der Waals surface area (Å²) in [6.07, 6.45) is 5.09. The second-order valence-electron chi connectivity index (χ2n) is 7.37. The fourth-order valence-electron chi connectivity index (χ4n) is 4.03. The lowest BCUT2D eigenvalue weighted by Gasteiger charge is -2.38. The standard InChI is InChI=1S/C20H30FN3O/c1-2-11-23-12-14-24(15-13-23)20(25)16-3-7-18(8-4-16)22-19-9-5-17(21)6-10-19/h5-6,9-10,16,18,22H,2-4,7-8,11-15H2,1H3/t16-,18-. The van der Waals surface area contributed by atoms with Crippen molar-refractivity contribution in [2.24, 2.45) is 5.92 Å². The molecule has 0 unspecified atom stereocenters. The van der Waals surface area contributed by atoms with Gasteiger partial charge in [0.25, 0.3) is 0 Å². The zero-order chi connectivity index (χ0) is 17.6. The Morgan fingerprint density at radius 2 is 1.72 bits per heavy atom. The van der Waals surface area contributed by atoms with Gasteiger partial charge < -0.3 is 10.2 Å². The lowest BCUT2D eigenvalue weighted by atomic mass is 9.85. The number of carbonyl (C=O) groups excluding carboxylic acids is 1. The Bertz CT molecular complexity index is 547. The molecule has 1 amide bonds. The molecule has 25 heavy (non-hydrogen) atoms. The van der Waals surface area contributed by atoms with E-state index in [0.29, 0.717) is 11.9 Å². The van der Waals surface area contributed by atoms with Crippen molar-refractivity contribution < 1.29 is 9.18 Å². The molecule has 0 radical (unpaired) electrons.